The van der Waals surface area contributed by atoms with Crippen LogP contribution in [-0.2, 0) is 4.79 Å². The molecule has 1 aromatic carbocycles. The molecule has 1 amide bonds. The van der Waals surface area contributed by atoms with E-state index >= 15 is 0 Å². The number of nitrogens with one attached hydrogen (secondary N) is 1. The van der Waals surface area contributed by atoms with E-state index in [-0.39, 0.29) is 29.0 Å². The van der Waals surface area contributed by atoms with Crippen LogP contribution >= 0.6 is 0 Å². The molecule has 2 heterocycles. The number of hydrogen-bond donors (Lipinski definition) is 2. The van der Waals surface area contributed by atoms with E-state index in [9.17, 15) is 19.5 Å². The van der Waals surface area contributed by atoms with Gasteiger partial charge in [0.05, 0.1) is 5.56 Å². The Kier molecular flexibility index (Phi) is 3.82. The number of H-pyrrole nitrogens is 1. The SMILES string of the molecule is O=C(O)C1CC2CCCCC2N1C(=O)c1cc(=O)[nH]c2ccccc12. The second-order valence-corrected chi connectivity index (χ2v) is 7.01. The van der Waals surface area contributed by atoms with Gasteiger partial charge in [-0.2, -0.15) is 0 Å². The number of aromatic nitrogens is 1. The summed E-state index contributed by atoms with van der Waals surface area (Å²) >= 11 is 0. The number of nitrogens with zero attached hydrogens (tertiary/aromatic N) is 1. The van der Waals surface area contributed by atoms with E-state index in [1.165, 1.54) is 11.0 Å². The predicted octanol–water partition coefficient (Wildman–Crippen LogP) is 2.39. The third kappa shape index (κ3) is 2.62. The molecule has 25 heavy (non-hydrogen) atoms. The van der Waals surface area contributed by atoms with Crippen LogP contribution in [0.1, 0.15) is 42.5 Å². The van der Waals surface area contributed by atoms with E-state index in [1.54, 1.807) is 24.3 Å². The summed E-state index contributed by atoms with van der Waals surface area (Å²) in [6, 6.07) is 7.57. The number of likely N-dealkylation sites (tertiary alicyclic amines) is 1. The zero-order valence-electron chi connectivity index (χ0n) is 13.8. The molecule has 1 aliphatic heterocycles. The maximum atomic E-state index is 13.3. The number of fused-ring (bicyclic) bond motifs is 2. The van der Waals surface area contributed by atoms with Crippen molar-refractivity contribution < 1.29 is 14.7 Å². The van der Waals surface area contributed by atoms with Gasteiger partial charge >= 0.3 is 5.97 Å². The van der Waals surface area contributed by atoms with Crippen LogP contribution in [0.15, 0.2) is 35.1 Å². The Balaban J connectivity index is 1.81. The molecule has 1 aromatic heterocycles. The lowest BCUT2D eigenvalue weighted by Crippen LogP contribution is -2.46. The summed E-state index contributed by atoms with van der Waals surface area (Å²) in [6.45, 7) is 0. The topological polar surface area (TPSA) is 90.5 Å². The fourth-order valence-electron chi connectivity index (χ4n) is 4.49. The minimum absolute atomic E-state index is 0.0413. The first-order valence-corrected chi connectivity index (χ1v) is 8.74. The molecular formula is C19H20N2O4. The summed E-state index contributed by atoms with van der Waals surface area (Å²) in [7, 11) is 0. The van der Waals surface area contributed by atoms with Crippen LogP contribution in [0.25, 0.3) is 10.9 Å². The molecule has 1 saturated carbocycles. The second kappa shape index (κ2) is 6.02. The number of aromatic amines is 1. The maximum absolute atomic E-state index is 13.3. The number of carboxylic acid groups (broad SMARTS) is 1. The van der Waals surface area contributed by atoms with Crippen LogP contribution in [-0.4, -0.2) is 39.0 Å². The lowest BCUT2D eigenvalue weighted by molar-refractivity contribution is -0.141. The van der Waals surface area contributed by atoms with E-state index in [2.05, 4.69) is 4.98 Å². The summed E-state index contributed by atoms with van der Waals surface area (Å²) in [5.41, 5.74) is 0.523. The number of aliphatic carboxylic acids is 1. The lowest BCUT2D eigenvalue weighted by atomic mass is 9.84. The standard InChI is InChI=1S/C19H20N2O4/c22-17-10-13(12-6-2-3-7-14(12)20-17)18(23)21-15-8-4-1-5-11(15)9-16(21)19(24)25/h2-3,6-7,10-11,15-16H,1,4-5,8-9H2,(H,20,22)(H,24,25). The van der Waals surface area contributed by atoms with Gasteiger partial charge in [0.2, 0.25) is 5.56 Å². The highest BCUT2D eigenvalue weighted by Crippen LogP contribution is 2.40. The Morgan fingerprint density at radius 3 is 2.72 bits per heavy atom. The van der Waals surface area contributed by atoms with Gasteiger partial charge in [0, 0.05) is 23.0 Å². The van der Waals surface area contributed by atoms with Gasteiger partial charge in [0.25, 0.3) is 5.91 Å². The van der Waals surface area contributed by atoms with Gasteiger partial charge in [-0.25, -0.2) is 4.79 Å². The summed E-state index contributed by atoms with van der Waals surface area (Å²) in [5, 5.41) is 10.3. The van der Waals surface area contributed by atoms with Crippen molar-refractivity contribution in [2.75, 3.05) is 0 Å². The number of benzene rings is 1. The molecule has 0 radical (unpaired) electrons. The van der Waals surface area contributed by atoms with E-state index in [1.807, 2.05) is 0 Å². The van der Waals surface area contributed by atoms with Crippen molar-refractivity contribution in [3.63, 3.8) is 0 Å². The quantitative estimate of drug-likeness (QED) is 0.878. The predicted molar refractivity (Wildman–Crippen MR) is 92.5 cm³/mol. The Bertz CT molecular complexity index is 904. The fourth-order valence-corrected chi connectivity index (χ4v) is 4.49. The largest absolute Gasteiger partial charge is 0.480 e. The average molecular weight is 340 g/mol. The van der Waals surface area contributed by atoms with E-state index in [4.69, 9.17) is 0 Å². The number of pyridine rings is 1. The van der Waals surface area contributed by atoms with Crippen molar-refractivity contribution in [1.29, 1.82) is 0 Å². The molecule has 0 bridgehead atoms. The number of carboxylic acids is 1. The van der Waals surface area contributed by atoms with Crippen LogP contribution in [0.4, 0.5) is 0 Å². The van der Waals surface area contributed by atoms with E-state index < -0.39 is 12.0 Å². The van der Waals surface area contributed by atoms with Gasteiger partial charge in [-0.15, -0.1) is 0 Å². The monoisotopic (exact) mass is 340 g/mol. The molecular weight excluding hydrogens is 320 g/mol. The maximum Gasteiger partial charge on any atom is 0.326 e. The van der Waals surface area contributed by atoms with Crippen LogP contribution in [0.3, 0.4) is 0 Å². The summed E-state index contributed by atoms with van der Waals surface area (Å²) < 4.78 is 0. The van der Waals surface area contributed by atoms with Gasteiger partial charge in [0.15, 0.2) is 0 Å². The normalized spacial score (nSPS) is 25.8. The van der Waals surface area contributed by atoms with Gasteiger partial charge in [-0.1, -0.05) is 31.0 Å². The lowest BCUT2D eigenvalue weighted by Gasteiger charge is -2.33. The number of amides is 1. The third-order valence-electron chi connectivity index (χ3n) is 5.59. The molecule has 2 aliphatic rings. The smallest absolute Gasteiger partial charge is 0.326 e. The number of para-hydroxylation sites is 1. The molecule has 3 unspecified atom stereocenters. The molecule has 1 aliphatic carbocycles. The van der Waals surface area contributed by atoms with Gasteiger partial charge in [0.1, 0.15) is 6.04 Å². The number of hydrogen-bond acceptors (Lipinski definition) is 3. The molecule has 2 aromatic rings. The minimum Gasteiger partial charge on any atom is -0.480 e. The fraction of sp³-hybridized carbons (Fsp3) is 0.421. The van der Waals surface area contributed by atoms with Crippen LogP contribution in [0, 0.1) is 5.92 Å². The molecule has 2 fully saturated rings. The molecule has 6 heteroatoms. The van der Waals surface area contributed by atoms with Crippen LogP contribution in [0.2, 0.25) is 0 Å². The summed E-state index contributed by atoms with van der Waals surface area (Å²) in [5.74, 6) is -1.06. The van der Waals surface area contributed by atoms with E-state index in [0.717, 1.165) is 25.7 Å². The highest BCUT2D eigenvalue weighted by atomic mass is 16.4. The van der Waals surface area contributed by atoms with Crippen molar-refractivity contribution in [1.82, 2.24) is 9.88 Å². The van der Waals surface area contributed by atoms with Crippen LogP contribution in [0.5, 0.6) is 0 Å². The first-order valence-electron chi connectivity index (χ1n) is 8.74. The number of carbonyl (C=O) groups excluding carboxylic acids is 1. The molecule has 0 spiro atoms. The Morgan fingerprint density at radius 1 is 1.16 bits per heavy atom. The molecule has 1 saturated heterocycles. The summed E-state index contributed by atoms with van der Waals surface area (Å²) in [4.78, 5) is 41.3. The average Bonchev–Trinajstić information content (AvgIpc) is 3.00. The Morgan fingerprint density at radius 2 is 1.92 bits per heavy atom. The van der Waals surface area contributed by atoms with Gasteiger partial charge < -0.3 is 15.0 Å². The van der Waals surface area contributed by atoms with E-state index in [0.29, 0.717) is 17.3 Å². The Hall–Kier alpha value is -2.63. The van der Waals surface area contributed by atoms with Crippen molar-refractivity contribution in [2.24, 2.45) is 5.92 Å². The van der Waals surface area contributed by atoms with Crippen molar-refractivity contribution in [3.05, 3.63) is 46.2 Å². The first-order chi connectivity index (χ1) is 12.1. The van der Waals surface area contributed by atoms with Crippen molar-refractivity contribution in [2.45, 2.75) is 44.2 Å². The van der Waals surface area contributed by atoms with Crippen LogP contribution < -0.4 is 5.56 Å². The molecule has 130 valence electrons. The molecule has 3 atom stereocenters. The van der Waals surface area contributed by atoms with Crippen molar-refractivity contribution in [3.8, 4) is 0 Å². The number of rotatable bonds is 2. The third-order valence-corrected chi connectivity index (χ3v) is 5.59. The summed E-state index contributed by atoms with van der Waals surface area (Å²) in [6.07, 6.45) is 4.40. The van der Waals surface area contributed by atoms with Gasteiger partial charge in [-0.3, -0.25) is 9.59 Å². The molecule has 4 rings (SSSR count). The molecule has 2 N–H and O–H groups in total. The van der Waals surface area contributed by atoms with Gasteiger partial charge in [-0.05, 0) is 31.2 Å². The number of carbonyl (C=O) groups is 2. The Labute approximate surface area is 144 Å². The molecule has 6 nitrogen and oxygen atoms in total. The minimum atomic E-state index is -0.961. The highest BCUT2D eigenvalue weighted by molar-refractivity contribution is 6.07. The highest BCUT2D eigenvalue weighted by Gasteiger charge is 2.47. The zero-order valence-corrected chi connectivity index (χ0v) is 13.8. The zero-order chi connectivity index (χ0) is 17.6. The van der Waals surface area contributed by atoms with Crippen molar-refractivity contribution >= 4 is 22.8 Å². The first kappa shape index (κ1) is 15.9. The second-order valence-electron chi connectivity index (χ2n) is 7.01.